The summed E-state index contributed by atoms with van der Waals surface area (Å²) in [7, 11) is 3.24. The van der Waals surface area contributed by atoms with Crippen molar-refractivity contribution in [2.45, 2.75) is 32.8 Å². The van der Waals surface area contributed by atoms with E-state index in [0.717, 1.165) is 11.4 Å². The first kappa shape index (κ1) is 11.9. The smallest absolute Gasteiger partial charge is 0.221 e. The number of methoxy groups -OCH3 is 2. The van der Waals surface area contributed by atoms with Gasteiger partial charge in [0, 0.05) is 18.7 Å². The highest BCUT2D eigenvalue weighted by Crippen LogP contribution is 2.22. The van der Waals surface area contributed by atoms with Gasteiger partial charge in [-0.3, -0.25) is 0 Å². The van der Waals surface area contributed by atoms with Gasteiger partial charge in [-0.25, -0.2) is 4.98 Å². The molecule has 0 N–H and O–H groups in total. The molecule has 0 fully saturated rings. The Morgan fingerprint density at radius 2 is 1.93 bits per heavy atom. The molecule has 0 radical (unpaired) electrons. The first-order valence-corrected chi connectivity index (χ1v) is 4.88. The van der Waals surface area contributed by atoms with Crippen molar-refractivity contribution in [2.75, 3.05) is 14.2 Å². The number of aromatic nitrogens is 2. The lowest BCUT2D eigenvalue weighted by molar-refractivity contribution is 0.180. The van der Waals surface area contributed by atoms with Gasteiger partial charge in [0.2, 0.25) is 5.88 Å². The third-order valence-electron chi connectivity index (χ3n) is 1.99. The molecule has 0 aromatic carbocycles. The summed E-state index contributed by atoms with van der Waals surface area (Å²) < 4.78 is 10.2. The Labute approximate surface area is 90.7 Å². The average Bonchev–Trinajstić information content (AvgIpc) is 2.17. The van der Waals surface area contributed by atoms with E-state index in [1.165, 1.54) is 0 Å². The largest absolute Gasteiger partial charge is 0.481 e. The van der Waals surface area contributed by atoms with E-state index >= 15 is 0 Å². The summed E-state index contributed by atoms with van der Waals surface area (Å²) in [5.41, 5.74) is 0.798. The third kappa shape index (κ3) is 2.89. The molecule has 0 aliphatic carbocycles. The molecule has 1 aromatic heterocycles. The topological polar surface area (TPSA) is 44.2 Å². The maximum absolute atomic E-state index is 5.20. The maximum Gasteiger partial charge on any atom is 0.221 e. The number of hydrogen-bond donors (Lipinski definition) is 0. The van der Waals surface area contributed by atoms with Crippen molar-refractivity contribution in [1.82, 2.24) is 9.97 Å². The van der Waals surface area contributed by atoms with E-state index in [-0.39, 0.29) is 5.41 Å². The van der Waals surface area contributed by atoms with E-state index in [9.17, 15) is 0 Å². The van der Waals surface area contributed by atoms with Crippen molar-refractivity contribution < 1.29 is 9.47 Å². The molecule has 0 bridgehead atoms. The molecule has 84 valence electrons. The molecule has 0 amide bonds. The molecule has 15 heavy (non-hydrogen) atoms. The van der Waals surface area contributed by atoms with E-state index in [1.54, 1.807) is 20.4 Å². The van der Waals surface area contributed by atoms with Crippen molar-refractivity contribution in [3.63, 3.8) is 0 Å². The first-order chi connectivity index (χ1) is 6.99. The standard InChI is InChI=1S/C11H18N2O2/c1-11(2,3)10-12-6-8(7-14-4)9(13-10)15-5/h6H,7H2,1-5H3. The Balaban J connectivity index is 3.08. The van der Waals surface area contributed by atoms with Crippen molar-refractivity contribution >= 4 is 0 Å². The van der Waals surface area contributed by atoms with Gasteiger partial charge in [0.05, 0.1) is 19.3 Å². The van der Waals surface area contributed by atoms with Gasteiger partial charge >= 0.3 is 0 Å². The van der Waals surface area contributed by atoms with E-state index in [4.69, 9.17) is 9.47 Å². The summed E-state index contributed by atoms with van der Waals surface area (Å²) in [6.07, 6.45) is 1.76. The minimum absolute atomic E-state index is 0.0706. The Hall–Kier alpha value is -1.16. The summed E-state index contributed by atoms with van der Waals surface area (Å²) in [6.45, 7) is 6.67. The minimum atomic E-state index is -0.0706. The van der Waals surface area contributed by atoms with E-state index in [0.29, 0.717) is 12.5 Å². The van der Waals surface area contributed by atoms with Gasteiger partial charge in [-0.2, -0.15) is 4.98 Å². The van der Waals surface area contributed by atoms with Crippen LogP contribution in [0.15, 0.2) is 6.20 Å². The van der Waals surface area contributed by atoms with Crippen LogP contribution in [0.2, 0.25) is 0 Å². The number of ether oxygens (including phenoxy) is 2. The average molecular weight is 210 g/mol. The first-order valence-electron chi connectivity index (χ1n) is 4.88. The van der Waals surface area contributed by atoms with Gasteiger partial charge in [0.25, 0.3) is 0 Å². The maximum atomic E-state index is 5.20. The van der Waals surface area contributed by atoms with Crippen LogP contribution in [0.1, 0.15) is 32.2 Å². The van der Waals surface area contributed by atoms with E-state index < -0.39 is 0 Å². The van der Waals surface area contributed by atoms with Crippen LogP contribution < -0.4 is 4.74 Å². The molecule has 0 aliphatic heterocycles. The molecular weight excluding hydrogens is 192 g/mol. The third-order valence-corrected chi connectivity index (χ3v) is 1.99. The zero-order chi connectivity index (χ0) is 11.5. The van der Waals surface area contributed by atoms with Crippen LogP contribution in [0.3, 0.4) is 0 Å². The van der Waals surface area contributed by atoms with Crippen LogP contribution in [-0.4, -0.2) is 24.2 Å². The Morgan fingerprint density at radius 1 is 1.27 bits per heavy atom. The SMILES string of the molecule is COCc1cnc(C(C)(C)C)nc1OC. The number of hydrogen-bond acceptors (Lipinski definition) is 4. The predicted octanol–water partition coefficient (Wildman–Crippen LogP) is 1.93. The van der Waals surface area contributed by atoms with E-state index in [2.05, 4.69) is 30.7 Å². The van der Waals surface area contributed by atoms with Crippen molar-refractivity contribution in [1.29, 1.82) is 0 Å². The number of nitrogens with zero attached hydrogens (tertiary/aromatic N) is 2. The van der Waals surface area contributed by atoms with Crippen LogP contribution >= 0.6 is 0 Å². The molecule has 1 heterocycles. The fourth-order valence-electron chi connectivity index (χ4n) is 1.18. The molecule has 0 aliphatic rings. The van der Waals surface area contributed by atoms with Gasteiger partial charge in [-0.1, -0.05) is 20.8 Å². The van der Waals surface area contributed by atoms with Crippen molar-refractivity contribution in [2.24, 2.45) is 0 Å². The summed E-state index contributed by atoms with van der Waals surface area (Å²) >= 11 is 0. The molecule has 0 unspecified atom stereocenters. The zero-order valence-electron chi connectivity index (χ0n) is 10.00. The molecule has 0 atom stereocenters. The molecule has 1 rings (SSSR count). The Morgan fingerprint density at radius 3 is 2.40 bits per heavy atom. The lowest BCUT2D eigenvalue weighted by Gasteiger charge is -2.17. The second-order valence-corrected chi connectivity index (χ2v) is 4.41. The van der Waals surface area contributed by atoms with Crippen LogP contribution in [0, 0.1) is 0 Å². The van der Waals surface area contributed by atoms with Crippen LogP contribution in [-0.2, 0) is 16.8 Å². The predicted molar refractivity (Wildman–Crippen MR) is 58.0 cm³/mol. The molecule has 1 aromatic rings. The Bertz CT molecular complexity index is 332. The summed E-state index contributed by atoms with van der Waals surface area (Å²) in [4.78, 5) is 8.67. The summed E-state index contributed by atoms with van der Waals surface area (Å²) in [5.74, 6) is 1.37. The van der Waals surface area contributed by atoms with Gasteiger partial charge < -0.3 is 9.47 Å². The Kier molecular flexibility index (Phi) is 3.63. The quantitative estimate of drug-likeness (QED) is 0.764. The molecule has 0 saturated heterocycles. The lowest BCUT2D eigenvalue weighted by atomic mass is 9.96. The summed E-state index contributed by atoms with van der Waals surface area (Å²) in [6, 6.07) is 0. The molecular formula is C11H18N2O2. The van der Waals surface area contributed by atoms with Crippen molar-refractivity contribution in [3.05, 3.63) is 17.6 Å². The molecule has 0 spiro atoms. The highest BCUT2D eigenvalue weighted by atomic mass is 16.5. The van der Waals surface area contributed by atoms with Gasteiger partial charge in [0.1, 0.15) is 5.82 Å². The van der Waals surface area contributed by atoms with Crippen LogP contribution in [0.4, 0.5) is 0 Å². The minimum Gasteiger partial charge on any atom is -0.481 e. The fourth-order valence-corrected chi connectivity index (χ4v) is 1.18. The number of rotatable bonds is 3. The van der Waals surface area contributed by atoms with Crippen LogP contribution in [0.5, 0.6) is 5.88 Å². The van der Waals surface area contributed by atoms with Crippen molar-refractivity contribution in [3.8, 4) is 5.88 Å². The zero-order valence-corrected chi connectivity index (χ0v) is 10.00. The second-order valence-electron chi connectivity index (χ2n) is 4.41. The summed E-state index contributed by atoms with van der Waals surface area (Å²) in [5, 5.41) is 0. The highest BCUT2D eigenvalue weighted by molar-refractivity contribution is 5.24. The highest BCUT2D eigenvalue weighted by Gasteiger charge is 2.19. The molecule has 4 heteroatoms. The monoisotopic (exact) mass is 210 g/mol. The molecule has 0 saturated carbocycles. The van der Waals surface area contributed by atoms with Gasteiger partial charge in [-0.15, -0.1) is 0 Å². The van der Waals surface area contributed by atoms with Gasteiger partial charge in [0.15, 0.2) is 0 Å². The lowest BCUT2D eigenvalue weighted by Crippen LogP contribution is -2.17. The normalized spacial score (nSPS) is 11.5. The second kappa shape index (κ2) is 4.57. The van der Waals surface area contributed by atoms with Gasteiger partial charge in [-0.05, 0) is 0 Å². The van der Waals surface area contributed by atoms with E-state index in [1.807, 2.05) is 0 Å². The fraction of sp³-hybridized carbons (Fsp3) is 0.636. The molecule has 4 nitrogen and oxygen atoms in total. The van der Waals surface area contributed by atoms with Crippen LogP contribution in [0.25, 0.3) is 0 Å².